The van der Waals surface area contributed by atoms with Crippen LogP contribution in [0.4, 0.5) is 0 Å². The quantitative estimate of drug-likeness (QED) is 0.715. The maximum Gasteiger partial charge on any atom is 0.220 e. The molecule has 6 heteroatoms. The minimum absolute atomic E-state index is 0.0583. The summed E-state index contributed by atoms with van der Waals surface area (Å²) in [5.41, 5.74) is 2.52. The maximum atomic E-state index is 12.0. The number of hydrogen-bond acceptors (Lipinski definition) is 5. The molecule has 0 saturated carbocycles. The van der Waals surface area contributed by atoms with Gasteiger partial charge in [0.15, 0.2) is 17.1 Å². The molecule has 0 unspecified atom stereocenters. The first-order valence-corrected chi connectivity index (χ1v) is 8.01. The smallest absolute Gasteiger partial charge is 0.220 e. The van der Waals surface area contributed by atoms with Gasteiger partial charge in [0.05, 0.1) is 20.8 Å². The number of ether oxygens (including phenoxy) is 2. The standard InChI is InChI=1S/C19H20N2O4/c1-23-16-9-7-13(11-17(16)24-2)8-10-18(22)20-12-19-21-14-5-3-4-6-15(14)25-19/h3-7,9,11H,8,10,12H2,1-2H3,(H,20,22). The van der Waals surface area contributed by atoms with Gasteiger partial charge in [-0.15, -0.1) is 0 Å². The van der Waals surface area contributed by atoms with E-state index >= 15 is 0 Å². The number of benzene rings is 2. The van der Waals surface area contributed by atoms with Crippen LogP contribution in [0.1, 0.15) is 17.9 Å². The Balaban J connectivity index is 1.52. The Morgan fingerprint density at radius 3 is 2.68 bits per heavy atom. The molecular formula is C19H20N2O4. The summed E-state index contributed by atoms with van der Waals surface area (Å²) in [5, 5.41) is 2.83. The van der Waals surface area contributed by atoms with Gasteiger partial charge < -0.3 is 19.2 Å². The Labute approximate surface area is 145 Å². The lowest BCUT2D eigenvalue weighted by Crippen LogP contribution is -2.23. The average molecular weight is 340 g/mol. The summed E-state index contributed by atoms with van der Waals surface area (Å²) in [6.45, 7) is 0.277. The molecule has 0 fully saturated rings. The van der Waals surface area contributed by atoms with Crippen molar-refractivity contribution in [1.29, 1.82) is 0 Å². The first kappa shape index (κ1) is 16.8. The molecule has 0 aliphatic rings. The van der Waals surface area contributed by atoms with Crippen LogP contribution in [0, 0.1) is 0 Å². The zero-order valence-corrected chi connectivity index (χ0v) is 14.2. The van der Waals surface area contributed by atoms with Crippen molar-refractivity contribution in [3.05, 3.63) is 53.9 Å². The highest BCUT2D eigenvalue weighted by molar-refractivity contribution is 5.76. The number of fused-ring (bicyclic) bond motifs is 1. The summed E-state index contributed by atoms with van der Waals surface area (Å²) in [6.07, 6.45) is 0.982. The fourth-order valence-corrected chi connectivity index (χ4v) is 2.55. The highest BCUT2D eigenvalue weighted by Gasteiger charge is 2.09. The van der Waals surface area contributed by atoms with Gasteiger partial charge in [0, 0.05) is 6.42 Å². The van der Waals surface area contributed by atoms with Crippen LogP contribution in [0.5, 0.6) is 11.5 Å². The van der Waals surface area contributed by atoms with Crippen molar-refractivity contribution in [3.8, 4) is 11.5 Å². The van der Waals surface area contributed by atoms with E-state index in [-0.39, 0.29) is 12.5 Å². The lowest BCUT2D eigenvalue weighted by molar-refractivity contribution is -0.121. The molecule has 0 aliphatic carbocycles. The first-order valence-electron chi connectivity index (χ1n) is 8.01. The Hall–Kier alpha value is -3.02. The molecular weight excluding hydrogens is 320 g/mol. The third kappa shape index (κ3) is 4.09. The summed E-state index contributed by atoms with van der Waals surface area (Å²) in [5.74, 6) is 1.77. The van der Waals surface area contributed by atoms with E-state index in [1.165, 1.54) is 0 Å². The summed E-state index contributed by atoms with van der Waals surface area (Å²) < 4.78 is 16.1. The fraction of sp³-hybridized carbons (Fsp3) is 0.263. The van der Waals surface area contributed by atoms with Gasteiger partial charge in [-0.2, -0.15) is 0 Å². The second-order valence-corrected chi connectivity index (χ2v) is 5.54. The number of aryl methyl sites for hydroxylation is 1. The highest BCUT2D eigenvalue weighted by Crippen LogP contribution is 2.27. The third-order valence-electron chi connectivity index (χ3n) is 3.86. The molecule has 6 nitrogen and oxygen atoms in total. The zero-order valence-electron chi connectivity index (χ0n) is 14.2. The normalized spacial score (nSPS) is 10.6. The monoisotopic (exact) mass is 340 g/mol. The van der Waals surface area contributed by atoms with E-state index in [0.29, 0.717) is 30.2 Å². The van der Waals surface area contributed by atoms with Gasteiger partial charge in [-0.25, -0.2) is 4.98 Å². The van der Waals surface area contributed by atoms with Gasteiger partial charge in [0.2, 0.25) is 11.8 Å². The van der Waals surface area contributed by atoms with Gasteiger partial charge in [0.25, 0.3) is 0 Å². The van der Waals surface area contributed by atoms with E-state index in [0.717, 1.165) is 16.7 Å². The molecule has 25 heavy (non-hydrogen) atoms. The van der Waals surface area contributed by atoms with Crippen LogP contribution < -0.4 is 14.8 Å². The number of methoxy groups -OCH3 is 2. The molecule has 1 aromatic heterocycles. The van der Waals surface area contributed by atoms with Crippen molar-refractivity contribution in [3.63, 3.8) is 0 Å². The van der Waals surface area contributed by atoms with E-state index in [2.05, 4.69) is 10.3 Å². The van der Waals surface area contributed by atoms with Gasteiger partial charge >= 0.3 is 0 Å². The van der Waals surface area contributed by atoms with E-state index in [1.54, 1.807) is 14.2 Å². The molecule has 0 spiro atoms. The molecule has 1 heterocycles. The molecule has 0 atom stereocenters. The van der Waals surface area contributed by atoms with Gasteiger partial charge in [-0.1, -0.05) is 18.2 Å². The number of para-hydroxylation sites is 2. The molecule has 0 bridgehead atoms. The molecule has 3 aromatic rings. The summed E-state index contributed by atoms with van der Waals surface area (Å²) in [6, 6.07) is 13.2. The lowest BCUT2D eigenvalue weighted by atomic mass is 10.1. The van der Waals surface area contributed by atoms with Crippen molar-refractivity contribution >= 4 is 17.0 Å². The van der Waals surface area contributed by atoms with E-state index in [9.17, 15) is 4.79 Å². The SMILES string of the molecule is COc1ccc(CCC(=O)NCc2nc3ccccc3o2)cc1OC. The second kappa shape index (κ2) is 7.70. The molecule has 2 aromatic carbocycles. The number of aromatic nitrogens is 1. The van der Waals surface area contributed by atoms with Crippen LogP contribution in [-0.4, -0.2) is 25.1 Å². The van der Waals surface area contributed by atoms with Crippen LogP contribution in [0.25, 0.3) is 11.1 Å². The lowest BCUT2D eigenvalue weighted by Gasteiger charge is -2.09. The molecule has 3 rings (SSSR count). The van der Waals surface area contributed by atoms with Gasteiger partial charge in [-0.3, -0.25) is 4.79 Å². The Morgan fingerprint density at radius 2 is 1.92 bits per heavy atom. The van der Waals surface area contributed by atoms with Crippen molar-refractivity contribution in [2.45, 2.75) is 19.4 Å². The van der Waals surface area contributed by atoms with E-state index < -0.39 is 0 Å². The first-order chi connectivity index (χ1) is 12.2. The number of rotatable bonds is 7. The Morgan fingerprint density at radius 1 is 1.12 bits per heavy atom. The second-order valence-electron chi connectivity index (χ2n) is 5.54. The van der Waals surface area contributed by atoms with Crippen LogP contribution >= 0.6 is 0 Å². The third-order valence-corrected chi connectivity index (χ3v) is 3.86. The highest BCUT2D eigenvalue weighted by atomic mass is 16.5. The number of carbonyl (C=O) groups is 1. The predicted octanol–water partition coefficient (Wildman–Crippen LogP) is 3.09. The number of hydrogen-bond donors (Lipinski definition) is 1. The van der Waals surface area contributed by atoms with Gasteiger partial charge in [-0.05, 0) is 36.2 Å². The molecule has 1 N–H and O–H groups in total. The molecule has 0 radical (unpaired) electrons. The molecule has 1 amide bonds. The Bertz CT molecular complexity index is 840. The number of carbonyl (C=O) groups excluding carboxylic acids is 1. The topological polar surface area (TPSA) is 73.6 Å². The number of nitrogens with zero attached hydrogens (tertiary/aromatic N) is 1. The number of oxazole rings is 1. The van der Waals surface area contributed by atoms with Crippen LogP contribution in [-0.2, 0) is 17.8 Å². The fourth-order valence-electron chi connectivity index (χ4n) is 2.55. The van der Waals surface area contributed by atoms with Crippen LogP contribution in [0.3, 0.4) is 0 Å². The minimum atomic E-state index is -0.0583. The Kier molecular flexibility index (Phi) is 5.18. The van der Waals surface area contributed by atoms with Gasteiger partial charge in [0.1, 0.15) is 5.52 Å². The average Bonchev–Trinajstić information content (AvgIpc) is 3.07. The summed E-state index contributed by atoms with van der Waals surface area (Å²) >= 11 is 0. The largest absolute Gasteiger partial charge is 0.493 e. The summed E-state index contributed by atoms with van der Waals surface area (Å²) in [4.78, 5) is 16.4. The molecule has 0 saturated heterocycles. The molecule has 130 valence electrons. The molecule has 0 aliphatic heterocycles. The van der Waals surface area contributed by atoms with Crippen LogP contribution in [0.15, 0.2) is 46.9 Å². The van der Waals surface area contributed by atoms with Crippen molar-refractivity contribution in [2.24, 2.45) is 0 Å². The number of nitrogens with one attached hydrogen (secondary N) is 1. The number of amides is 1. The van der Waals surface area contributed by atoms with Crippen LogP contribution in [0.2, 0.25) is 0 Å². The van der Waals surface area contributed by atoms with Crippen molar-refractivity contribution < 1.29 is 18.7 Å². The summed E-state index contributed by atoms with van der Waals surface area (Å²) in [7, 11) is 3.19. The van der Waals surface area contributed by atoms with E-state index in [4.69, 9.17) is 13.9 Å². The van der Waals surface area contributed by atoms with Crippen molar-refractivity contribution in [1.82, 2.24) is 10.3 Å². The predicted molar refractivity (Wildman–Crippen MR) is 93.7 cm³/mol. The van der Waals surface area contributed by atoms with Crippen molar-refractivity contribution in [2.75, 3.05) is 14.2 Å². The minimum Gasteiger partial charge on any atom is -0.493 e. The van der Waals surface area contributed by atoms with E-state index in [1.807, 2.05) is 42.5 Å². The zero-order chi connectivity index (χ0) is 17.6. The maximum absolute atomic E-state index is 12.0.